The second-order valence-electron chi connectivity index (χ2n) is 8.14. The van der Waals surface area contributed by atoms with Crippen LogP contribution in [0.1, 0.15) is 35.9 Å². The number of aromatic amines is 1. The fourth-order valence-corrected chi connectivity index (χ4v) is 4.58. The van der Waals surface area contributed by atoms with E-state index >= 15 is 0 Å². The maximum Gasteiger partial charge on any atom is 0.274 e. The number of benzene rings is 1. The Bertz CT molecular complexity index is 927. The Morgan fingerprint density at radius 3 is 2.52 bits per heavy atom. The third-order valence-electron chi connectivity index (χ3n) is 6.02. The summed E-state index contributed by atoms with van der Waals surface area (Å²) in [6.07, 6.45) is 0.641. The second-order valence-corrected chi connectivity index (χ2v) is 8.14. The molecule has 1 aromatic heterocycles. The minimum Gasteiger partial charge on any atom is -0.391 e. The number of likely N-dealkylation sites (tertiary alicyclic amines) is 1. The Hall–Kier alpha value is -2.74. The molecule has 0 spiro atoms. The van der Waals surface area contributed by atoms with Gasteiger partial charge in [-0.15, -0.1) is 0 Å². The SMILES string of the molecule is CC(=O)N[C@@H]1C[C@@H]2CN(C(=O)c3nc(-c4ccc(F)cc4)[nH]c3C)C[C@@H]2C[C@H]1O. The lowest BCUT2D eigenvalue weighted by Crippen LogP contribution is -2.48. The molecule has 7 nitrogen and oxygen atoms in total. The summed E-state index contributed by atoms with van der Waals surface area (Å²) >= 11 is 0. The molecule has 2 amide bonds. The van der Waals surface area contributed by atoms with E-state index in [9.17, 15) is 19.1 Å². The van der Waals surface area contributed by atoms with E-state index in [-0.39, 0.29) is 35.5 Å². The van der Waals surface area contributed by atoms with Crippen molar-refractivity contribution >= 4 is 11.8 Å². The van der Waals surface area contributed by atoms with Gasteiger partial charge in [-0.1, -0.05) is 0 Å². The molecule has 3 N–H and O–H groups in total. The fraction of sp³-hybridized carbons (Fsp3) is 0.476. The minimum absolute atomic E-state index is 0.146. The lowest BCUT2D eigenvalue weighted by Gasteiger charge is -2.35. The monoisotopic (exact) mass is 400 g/mol. The second kappa shape index (κ2) is 7.59. The first-order valence-electron chi connectivity index (χ1n) is 9.88. The number of nitrogens with one attached hydrogen (secondary N) is 2. The lowest BCUT2D eigenvalue weighted by molar-refractivity contribution is -0.121. The highest BCUT2D eigenvalue weighted by Gasteiger charge is 2.43. The largest absolute Gasteiger partial charge is 0.391 e. The van der Waals surface area contributed by atoms with E-state index in [0.717, 1.165) is 0 Å². The number of hydrogen-bond donors (Lipinski definition) is 3. The predicted molar refractivity (Wildman–Crippen MR) is 104 cm³/mol. The molecule has 0 bridgehead atoms. The van der Waals surface area contributed by atoms with Crippen LogP contribution >= 0.6 is 0 Å². The zero-order valence-corrected chi connectivity index (χ0v) is 16.5. The number of carbonyl (C=O) groups is 2. The lowest BCUT2D eigenvalue weighted by atomic mass is 9.77. The molecule has 2 aromatic rings. The molecule has 1 aliphatic heterocycles. The van der Waals surface area contributed by atoms with Gasteiger partial charge in [-0.2, -0.15) is 0 Å². The van der Waals surface area contributed by atoms with Crippen LogP contribution in [0.3, 0.4) is 0 Å². The zero-order valence-electron chi connectivity index (χ0n) is 16.5. The number of aliphatic hydroxyl groups is 1. The molecule has 2 fully saturated rings. The molecule has 154 valence electrons. The van der Waals surface area contributed by atoms with Gasteiger partial charge in [0.15, 0.2) is 0 Å². The third-order valence-corrected chi connectivity index (χ3v) is 6.02. The molecular weight excluding hydrogens is 375 g/mol. The van der Waals surface area contributed by atoms with Gasteiger partial charge in [0.25, 0.3) is 5.91 Å². The maximum absolute atomic E-state index is 13.2. The standard InChI is InChI=1S/C21H25FN4O3/c1-11-19(25-20(23-11)13-3-5-16(22)6-4-13)21(29)26-9-14-7-17(24-12(2)27)18(28)8-15(14)10-26/h3-6,14-15,17-18,28H,7-10H2,1-2H3,(H,23,25)(H,24,27)/t14-,15+,17-,18-/m1/s1. The van der Waals surface area contributed by atoms with Crippen molar-refractivity contribution in [3.63, 3.8) is 0 Å². The molecule has 2 heterocycles. The number of halogens is 1. The van der Waals surface area contributed by atoms with Crippen molar-refractivity contribution in [2.75, 3.05) is 13.1 Å². The van der Waals surface area contributed by atoms with Crippen molar-refractivity contribution in [2.45, 2.75) is 38.8 Å². The van der Waals surface area contributed by atoms with Crippen LogP contribution in [0.4, 0.5) is 4.39 Å². The van der Waals surface area contributed by atoms with Gasteiger partial charge in [0.05, 0.1) is 12.1 Å². The van der Waals surface area contributed by atoms with Gasteiger partial charge in [-0.3, -0.25) is 9.59 Å². The summed E-state index contributed by atoms with van der Waals surface area (Å²) in [5, 5.41) is 13.2. The van der Waals surface area contributed by atoms with E-state index in [2.05, 4.69) is 15.3 Å². The number of imidazole rings is 1. The van der Waals surface area contributed by atoms with Gasteiger partial charge in [0.1, 0.15) is 17.3 Å². The van der Waals surface area contributed by atoms with Crippen molar-refractivity contribution in [3.8, 4) is 11.4 Å². The van der Waals surface area contributed by atoms with E-state index < -0.39 is 6.10 Å². The Labute approximate surface area is 168 Å². The van der Waals surface area contributed by atoms with Crippen LogP contribution in [-0.4, -0.2) is 57.0 Å². The molecule has 29 heavy (non-hydrogen) atoms. The summed E-state index contributed by atoms with van der Waals surface area (Å²) in [5.41, 5.74) is 1.74. The van der Waals surface area contributed by atoms with Crippen LogP contribution in [0.5, 0.6) is 0 Å². The molecule has 8 heteroatoms. The first-order valence-corrected chi connectivity index (χ1v) is 9.88. The van der Waals surface area contributed by atoms with Gasteiger partial charge in [0.2, 0.25) is 5.91 Å². The van der Waals surface area contributed by atoms with Crippen LogP contribution in [0.15, 0.2) is 24.3 Å². The van der Waals surface area contributed by atoms with E-state index in [1.807, 2.05) is 0 Å². The molecule has 4 rings (SSSR count). The number of aromatic nitrogens is 2. The van der Waals surface area contributed by atoms with Gasteiger partial charge in [-0.25, -0.2) is 9.37 Å². The highest BCUT2D eigenvalue weighted by Crippen LogP contribution is 2.37. The number of fused-ring (bicyclic) bond motifs is 1. The summed E-state index contributed by atoms with van der Waals surface area (Å²) in [5.74, 6) is 0.368. The number of amides is 2. The van der Waals surface area contributed by atoms with Crippen LogP contribution in [0.2, 0.25) is 0 Å². The summed E-state index contributed by atoms with van der Waals surface area (Å²) in [6.45, 7) is 4.41. The molecule has 1 saturated carbocycles. The van der Waals surface area contributed by atoms with Gasteiger partial charge < -0.3 is 20.3 Å². The minimum atomic E-state index is -0.590. The van der Waals surface area contributed by atoms with Gasteiger partial charge in [0, 0.05) is 31.3 Å². The Balaban J connectivity index is 1.48. The van der Waals surface area contributed by atoms with Crippen LogP contribution < -0.4 is 5.32 Å². The van der Waals surface area contributed by atoms with Crippen molar-refractivity contribution < 1.29 is 19.1 Å². The molecular formula is C21H25FN4O3. The molecule has 0 unspecified atom stereocenters. The molecule has 1 aromatic carbocycles. The number of aliphatic hydroxyl groups excluding tert-OH is 1. The van der Waals surface area contributed by atoms with E-state index in [4.69, 9.17) is 0 Å². The maximum atomic E-state index is 13.2. The van der Waals surface area contributed by atoms with Gasteiger partial charge >= 0.3 is 0 Å². The fourth-order valence-electron chi connectivity index (χ4n) is 4.58. The van der Waals surface area contributed by atoms with Crippen molar-refractivity contribution in [3.05, 3.63) is 41.5 Å². The van der Waals surface area contributed by atoms with Crippen molar-refractivity contribution in [1.82, 2.24) is 20.2 Å². The summed E-state index contributed by atoms with van der Waals surface area (Å²) in [7, 11) is 0. The molecule has 0 radical (unpaired) electrons. The van der Waals surface area contributed by atoms with E-state index in [1.54, 1.807) is 24.0 Å². The smallest absolute Gasteiger partial charge is 0.274 e. The quantitative estimate of drug-likeness (QED) is 0.733. The van der Waals surface area contributed by atoms with Crippen LogP contribution in [0.25, 0.3) is 11.4 Å². The third kappa shape index (κ3) is 3.89. The molecule has 2 aliphatic rings. The first-order chi connectivity index (χ1) is 13.8. The first kappa shape index (κ1) is 19.6. The highest BCUT2D eigenvalue weighted by atomic mass is 19.1. The molecule has 1 aliphatic carbocycles. The average molecular weight is 400 g/mol. The summed E-state index contributed by atoms with van der Waals surface area (Å²) < 4.78 is 13.2. The van der Waals surface area contributed by atoms with E-state index in [1.165, 1.54) is 19.1 Å². The average Bonchev–Trinajstić information content (AvgIpc) is 3.25. The summed E-state index contributed by atoms with van der Waals surface area (Å²) in [4.78, 5) is 33.8. The van der Waals surface area contributed by atoms with Gasteiger partial charge in [-0.05, 0) is 55.9 Å². The topological polar surface area (TPSA) is 98.3 Å². The highest BCUT2D eigenvalue weighted by molar-refractivity contribution is 5.94. The molecule has 4 atom stereocenters. The van der Waals surface area contributed by atoms with E-state index in [0.29, 0.717) is 48.7 Å². The Kier molecular flexibility index (Phi) is 5.12. The number of carbonyl (C=O) groups excluding carboxylic acids is 2. The zero-order chi connectivity index (χ0) is 20.7. The van der Waals surface area contributed by atoms with Crippen molar-refractivity contribution in [1.29, 1.82) is 0 Å². The number of nitrogens with zero attached hydrogens (tertiary/aromatic N) is 2. The van der Waals surface area contributed by atoms with Crippen LogP contribution in [-0.2, 0) is 4.79 Å². The molecule has 1 saturated heterocycles. The predicted octanol–water partition coefficient (Wildman–Crippen LogP) is 1.87. The number of hydrogen-bond acceptors (Lipinski definition) is 4. The normalized spacial score (nSPS) is 26.3. The van der Waals surface area contributed by atoms with Crippen LogP contribution in [0, 0.1) is 24.6 Å². The number of aryl methyl sites for hydroxylation is 1. The Morgan fingerprint density at radius 1 is 1.21 bits per heavy atom. The number of H-pyrrole nitrogens is 1. The number of rotatable bonds is 3. The van der Waals surface area contributed by atoms with Crippen molar-refractivity contribution in [2.24, 2.45) is 11.8 Å². The summed E-state index contributed by atoms with van der Waals surface area (Å²) in [6, 6.07) is 5.69. The Morgan fingerprint density at radius 2 is 1.86 bits per heavy atom.